The molecule has 2 heterocycles. The highest BCUT2D eigenvalue weighted by Crippen LogP contribution is 2.25. The smallest absolute Gasteiger partial charge is 0.326 e. The lowest BCUT2D eigenvalue weighted by atomic mass is 10.0. The van der Waals surface area contributed by atoms with Gasteiger partial charge in [-0.15, -0.1) is 0 Å². The number of hydrogen-bond donors (Lipinski definition) is 3. The fourth-order valence-electron chi connectivity index (χ4n) is 5.07. The van der Waals surface area contributed by atoms with Crippen LogP contribution in [0.3, 0.4) is 0 Å². The van der Waals surface area contributed by atoms with E-state index in [1.54, 1.807) is 48.8 Å². The van der Waals surface area contributed by atoms with Crippen LogP contribution >= 0.6 is 0 Å². The van der Waals surface area contributed by atoms with Gasteiger partial charge in [0, 0.05) is 52.5 Å². The van der Waals surface area contributed by atoms with Crippen molar-refractivity contribution >= 4 is 28.7 Å². The highest BCUT2D eigenvalue weighted by Gasteiger charge is 2.32. The van der Waals surface area contributed by atoms with Crippen molar-refractivity contribution in [1.82, 2.24) is 20.3 Å². The van der Waals surface area contributed by atoms with Crippen LogP contribution in [0.2, 0.25) is 0 Å². The number of nitrogens with zero attached hydrogens (tertiary/aromatic N) is 3. The van der Waals surface area contributed by atoms with E-state index in [0.717, 1.165) is 16.7 Å². The molecular weight excluding hydrogens is 566 g/mol. The van der Waals surface area contributed by atoms with E-state index in [2.05, 4.69) is 27.2 Å². The van der Waals surface area contributed by atoms with Gasteiger partial charge < -0.3 is 10.0 Å². The van der Waals surface area contributed by atoms with Crippen LogP contribution < -0.4 is 11.3 Å². The fourth-order valence-corrected chi connectivity index (χ4v) is 5.07. The second kappa shape index (κ2) is 13.6. The molecule has 2 aromatic heterocycles. The van der Waals surface area contributed by atoms with Gasteiger partial charge in [0.2, 0.25) is 0 Å². The number of nitrogen functional groups attached to an aromatic ring is 1. The predicted octanol–water partition coefficient (Wildman–Crippen LogP) is 4.85. The molecule has 9 nitrogen and oxygen atoms in total. The Labute approximate surface area is 260 Å². The number of carbonyl (C=O) groups is 3. The topological polar surface area (TPSA) is 139 Å². The lowest BCUT2D eigenvalue weighted by molar-refractivity contribution is -0.143. The van der Waals surface area contributed by atoms with Crippen LogP contribution in [0.15, 0.2) is 103 Å². The number of rotatable bonds is 8. The number of pyridine rings is 2. The lowest BCUT2D eigenvalue weighted by Gasteiger charge is -2.32. The van der Waals surface area contributed by atoms with Crippen LogP contribution in [0.4, 0.5) is 0 Å². The number of aliphatic carboxylic acids is 1. The zero-order valence-corrected chi connectivity index (χ0v) is 24.8. The Morgan fingerprint density at radius 3 is 2.16 bits per heavy atom. The highest BCUT2D eigenvalue weighted by molar-refractivity contribution is 6.06. The molecule has 2 amide bonds. The maximum atomic E-state index is 13.5. The van der Waals surface area contributed by atoms with Crippen molar-refractivity contribution in [3.63, 3.8) is 0 Å². The Bertz CT molecular complexity index is 1910. The van der Waals surface area contributed by atoms with E-state index in [9.17, 15) is 19.5 Å². The third kappa shape index (κ3) is 7.04. The number of benzene rings is 3. The summed E-state index contributed by atoms with van der Waals surface area (Å²) in [4.78, 5) is 48.3. The molecule has 0 fully saturated rings. The maximum absolute atomic E-state index is 13.5. The second-order valence-electron chi connectivity index (χ2n) is 10.7. The fraction of sp³-hybridized carbons (Fsp3) is 0.139. The quantitative estimate of drug-likeness (QED) is 0.101. The first-order chi connectivity index (χ1) is 21.7. The Morgan fingerprint density at radius 2 is 1.56 bits per heavy atom. The standard InChI is InChI=1S/C36H31N5O4/c1-23(2)41(33(36(44)45)20-26-6-4-3-5-7-26)35(43)28-16-12-25(13-17-28)9-8-24-10-14-27(15-11-24)32-21-29(34(42)40-37)30-22-38-19-18-31(30)39-32/h3-7,10-19,21-23,33H,20,37H2,1-2H3,(H,40,42)(H,44,45). The summed E-state index contributed by atoms with van der Waals surface area (Å²) in [6, 6.07) is 25.7. The summed E-state index contributed by atoms with van der Waals surface area (Å²) in [5.74, 6) is 9.78. The van der Waals surface area contributed by atoms with E-state index in [1.165, 1.54) is 4.90 Å². The Kier molecular flexibility index (Phi) is 9.27. The van der Waals surface area contributed by atoms with Gasteiger partial charge in [-0.3, -0.25) is 20.0 Å². The Hall–Kier alpha value is -5.85. The molecule has 1 atom stereocenters. The van der Waals surface area contributed by atoms with Crippen molar-refractivity contribution in [2.45, 2.75) is 32.4 Å². The normalized spacial score (nSPS) is 11.4. The minimum Gasteiger partial charge on any atom is -0.480 e. The van der Waals surface area contributed by atoms with Crippen LogP contribution in [-0.4, -0.2) is 49.8 Å². The summed E-state index contributed by atoms with van der Waals surface area (Å²) in [5, 5.41) is 10.6. The second-order valence-corrected chi connectivity index (χ2v) is 10.7. The van der Waals surface area contributed by atoms with Crippen LogP contribution in [0.1, 0.15) is 51.3 Å². The highest BCUT2D eigenvalue weighted by atomic mass is 16.4. The molecule has 3 aromatic carbocycles. The molecule has 224 valence electrons. The van der Waals surface area contributed by atoms with Gasteiger partial charge in [-0.1, -0.05) is 54.3 Å². The summed E-state index contributed by atoms with van der Waals surface area (Å²) in [7, 11) is 0. The summed E-state index contributed by atoms with van der Waals surface area (Å²) in [5.41, 5.74) is 7.28. The Morgan fingerprint density at radius 1 is 0.911 bits per heavy atom. The average Bonchev–Trinajstić information content (AvgIpc) is 3.06. The van der Waals surface area contributed by atoms with Crippen molar-refractivity contribution in [3.05, 3.63) is 131 Å². The molecule has 5 aromatic rings. The predicted molar refractivity (Wildman–Crippen MR) is 172 cm³/mol. The summed E-state index contributed by atoms with van der Waals surface area (Å²) < 4.78 is 0. The zero-order chi connectivity index (χ0) is 31.9. The van der Waals surface area contributed by atoms with Crippen molar-refractivity contribution in [2.24, 2.45) is 5.84 Å². The van der Waals surface area contributed by atoms with Gasteiger partial charge >= 0.3 is 5.97 Å². The molecule has 0 radical (unpaired) electrons. The molecule has 4 N–H and O–H groups in total. The lowest BCUT2D eigenvalue weighted by Crippen LogP contribution is -2.50. The van der Waals surface area contributed by atoms with Gasteiger partial charge in [-0.25, -0.2) is 15.6 Å². The largest absolute Gasteiger partial charge is 0.480 e. The molecule has 5 rings (SSSR count). The van der Waals surface area contributed by atoms with Crippen molar-refractivity contribution in [1.29, 1.82) is 0 Å². The van der Waals surface area contributed by atoms with Gasteiger partial charge in [-0.05, 0) is 67.9 Å². The molecule has 0 aliphatic heterocycles. The van der Waals surface area contributed by atoms with Gasteiger partial charge in [0.1, 0.15) is 6.04 Å². The average molecular weight is 598 g/mol. The molecule has 1 unspecified atom stereocenters. The third-order valence-electron chi connectivity index (χ3n) is 7.33. The van der Waals surface area contributed by atoms with Crippen molar-refractivity contribution in [3.8, 4) is 23.1 Å². The van der Waals surface area contributed by atoms with Crippen molar-refractivity contribution in [2.75, 3.05) is 0 Å². The number of fused-ring (bicyclic) bond motifs is 1. The van der Waals surface area contributed by atoms with Gasteiger partial charge in [0.15, 0.2) is 0 Å². The molecule has 0 spiro atoms. The van der Waals surface area contributed by atoms with Crippen LogP contribution in [0.5, 0.6) is 0 Å². The van der Waals surface area contributed by atoms with Gasteiger partial charge in [0.05, 0.1) is 16.8 Å². The number of carboxylic acids is 1. The molecule has 9 heteroatoms. The van der Waals surface area contributed by atoms with Gasteiger partial charge in [0.25, 0.3) is 11.8 Å². The number of hydrogen-bond acceptors (Lipinski definition) is 6. The van der Waals surface area contributed by atoms with Gasteiger partial charge in [-0.2, -0.15) is 0 Å². The molecular formula is C36H31N5O4. The minimum atomic E-state index is -1.05. The van der Waals surface area contributed by atoms with E-state index in [0.29, 0.717) is 33.3 Å². The summed E-state index contributed by atoms with van der Waals surface area (Å²) in [6.07, 6.45) is 3.40. The molecule has 0 aliphatic carbocycles. The molecule has 0 saturated heterocycles. The first kappa shape index (κ1) is 30.6. The number of nitrogens with one attached hydrogen (secondary N) is 1. The number of nitrogens with two attached hydrogens (primary N) is 1. The van der Waals surface area contributed by atoms with E-state index in [4.69, 9.17) is 5.84 Å². The Balaban J connectivity index is 1.33. The van der Waals surface area contributed by atoms with E-state index in [-0.39, 0.29) is 18.4 Å². The summed E-state index contributed by atoms with van der Waals surface area (Å²) in [6.45, 7) is 3.63. The van der Waals surface area contributed by atoms with E-state index >= 15 is 0 Å². The van der Waals surface area contributed by atoms with Crippen LogP contribution in [-0.2, 0) is 11.2 Å². The van der Waals surface area contributed by atoms with Crippen LogP contribution in [0, 0.1) is 11.8 Å². The number of carbonyl (C=O) groups excluding carboxylic acids is 2. The molecule has 0 bridgehead atoms. The monoisotopic (exact) mass is 597 g/mol. The number of carboxylic acid groups (broad SMARTS) is 1. The van der Waals surface area contributed by atoms with Crippen LogP contribution in [0.25, 0.3) is 22.2 Å². The molecule has 0 saturated carbocycles. The molecule has 0 aliphatic rings. The maximum Gasteiger partial charge on any atom is 0.326 e. The number of amides is 2. The molecule has 45 heavy (non-hydrogen) atoms. The minimum absolute atomic E-state index is 0.209. The number of hydrazine groups is 1. The SMILES string of the molecule is CC(C)N(C(=O)c1ccc(C#Cc2ccc(-c3cc(C(=O)NN)c4cnccc4n3)cc2)cc1)C(Cc1ccccc1)C(=O)O. The van der Waals surface area contributed by atoms with E-state index < -0.39 is 17.9 Å². The first-order valence-electron chi connectivity index (χ1n) is 14.3. The first-order valence-corrected chi connectivity index (χ1v) is 14.3. The summed E-state index contributed by atoms with van der Waals surface area (Å²) >= 11 is 0. The van der Waals surface area contributed by atoms with E-state index in [1.807, 2.05) is 68.4 Å². The van der Waals surface area contributed by atoms with Crippen molar-refractivity contribution < 1.29 is 19.5 Å². The number of aromatic nitrogens is 2. The zero-order valence-electron chi connectivity index (χ0n) is 24.8. The third-order valence-corrected chi connectivity index (χ3v) is 7.33.